The highest BCUT2D eigenvalue weighted by atomic mass is 16.5. The third-order valence-electron chi connectivity index (χ3n) is 5.38. The lowest BCUT2D eigenvalue weighted by Gasteiger charge is -2.36. The van der Waals surface area contributed by atoms with E-state index in [1.54, 1.807) is 19.0 Å². The third kappa shape index (κ3) is 4.80. The summed E-state index contributed by atoms with van der Waals surface area (Å²) in [5.74, 6) is 1.43. The van der Waals surface area contributed by atoms with Gasteiger partial charge in [-0.25, -0.2) is 0 Å². The number of nitrogens with zero attached hydrogens (tertiary/aromatic N) is 3. The molecule has 0 radical (unpaired) electrons. The molecule has 1 aromatic carbocycles. The van der Waals surface area contributed by atoms with Crippen LogP contribution in [-0.4, -0.2) is 78.9 Å². The van der Waals surface area contributed by atoms with E-state index in [0.29, 0.717) is 18.0 Å². The Morgan fingerprint density at radius 3 is 2.44 bits per heavy atom. The Morgan fingerprint density at radius 1 is 1.11 bits per heavy atom. The van der Waals surface area contributed by atoms with Gasteiger partial charge in [-0.2, -0.15) is 0 Å². The van der Waals surface area contributed by atoms with E-state index < -0.39 is 0 Å². The Labute approximate surface area is 162 Å². The van der Waals surface area contributed by atoms with Crippen molar-refractivity contribution in [1.29, 1.82) is 0 Å². The van der Waals surface area contributed by atoms with Gasteiger partial charge in [0.25, 0.3) is 5.91 Å². The first kappa shape index (κ1) is 19.7. The molecular weight excluding hydrogens is 342 g/mol. The second-order valence-electron chi connectivity index (χ2n) is 8.23. The predicted molar refractivity (Wildman–Crippen MR) is 105 cm³/mol. The zero-order valence-corrected chi connectivity index (χ0v) is 16.9. The average Bonchev–Trinajstić information content (AvgIpc) is 2.91. The lowest BCUT2D eigenvalue weighted by Crippen LogP contribution is -2.47. The summed E-state index contributed by atoms with van der Waals surface area (Å²) >= 11 is 0. The molecule has 0 aromatic heterocycles. The van der Waals surface area contributed by atoms with Gasteiger partial charge in [0.1, 0.15) is 5.75 Å². The molecule has 3 aliphatic rings. The number of carbonyl (C=O) groups is 2. The van der Waals surface area contributed by atoms with Crippen molar-refractivity contribution < 1.29 is 14.3 Å². The third-order valence-corrected chi connectivity index (χ3v) is 5.38. The van der Waals surface area contributed by atoms with Gasteiger partial charge in [-0.1, -0.05) is 0 Å². The molecule has 0 N–H and O–H groups in total. The Morgan fingerprint density at radius 2 is 1.81 bits per heavy atom. The van der Waals surface area contributed by atoms with E-state index in [9.17, 15) is 9.59 Å². The molecule has 6 nitrogen and oxygen atoms in total. The number of fused-ring (bicyclic) bond motifs is 4. The number of carbonyl (C=O) groups excluding carboxylic acids is 2. The first-order valence-corrected chi connectivity index (χ1v) is 9.83. The molecule has 3 fully saturated rings. The summed E-state index contributed by atoms with van der Waals surface area (Å²) in [5.41, 5.74) is 0.703. The van der Waals surface area contributed by atoms with Gasteiger partial charge < -0.3 is 14.5 Å². The lowest BCUT2D eigenvalue weighted by molar-refractivity contribution is -0.129. The monoisotopic (exact) mass is 373 g/mol. The average molecular weight is 373 g/mol. The molecule has 2 bridgehead atoms. The second-order valence-corrected chi connectivity index (χ2v) is 8.23. The van der Waals surface area contributed by atoms with E-state index in [0.717, 1.165) is 38.2 Å². The van der Waals surface area contributed by atoms with E-state index >= 15 is 0 Å². The van der Waals surface area contributed by atoms with Crippen LogP contribution in [0.1, 0.15) is 37.0 Å². The van der Waals surface area contributed by atoms with Crippen LogP contribution in [0.15, 0.2) is 24.3 Å². The van der Waals surface area contributed by atoms with E-state index in [1.165, 1.54) is 0 Å². The molecule has 1 aromatic rings. The summed E-state index contributed by atoms with van der Waals surface area (Å²) in [6, 6.07) is 7.62. The molecule has 27 heavy (non-hydrogen) atoms. The first-order valence-electron chi connectivity index (χ1n) is 9.83. The minimum atomic E-state index is 0.0848. The fraction of sp³-hybridized carbons (Fsp3) is 0.619. The summed E-state index contributed by atoms with van der Waals surface area (Å²) in [6.45, 7) is 6.85. The standard InChI is InChI=1S/C21H31N3O3/c1-15(2)27-19-9-6-17(7-10-19)21(26)24-12-16-5-8-18(24)13-23(11-16)14-20(25)22(3)4/h6-7,9-10,15-16,18H,5,8,11-14H2,1-4H3/t16-,18+/m0/s1. The normalized spacial score (nSPS) is 22.6. The van der Waals surface area contributed by atoms with E-state index in [2.05, 4.69) is 4.90 Å². The van der Waals surface area contributed by atoms with Gasteiger partial charge in [0.15, 0.2) is 0 Å². The SMILES string of the molecule is CC(C)Oc1ccc(C(=O)N2C[C@H]3CC[C@@H]2CN(CC(=O)N(C)C)C3)cc1. The quantitative estimate of drug-likeness (QED) is 0.793. The van der Waals surface area contributed by atoms with E-state index in [4.69, 9.17) is 4.74 Å². The summed E-state index contributed by atoms with van der Waals surface area (Å²) in [6.07, 6.45) is 2.25. The van der Waals surface area contributed by atoms with Crippen molar-refractivity contribution in [3.05, 3.63) is 29.8 Å². The number of amides is 2. The largest absolute Gasteiger partial charge is 0.491 e. The van der Waals surface area contributed by atoms with Gasteiger partial charge in [-0.15, -0.1) is 0 Å². The van der Waals surface area contributed by atoms with Crippen LogP contribution in [0.2, 0.25) is 0 Å². The minimum absolute atomic E-state index is 0.0848. The van der Waals surface area contributed by atoms with Crippen LogP contribution >= 0.6 is 0 Å². The maximum absolute atomic E-state index is 13.1. The van der Waals surface area contributed by atoms with Crippen LogP contribution in [0, 0.1) is 5.92 Å². The zero-order chi connectivity index (χ0) is 19.6. The fourth-order valence-corrected chi connectivity index (χ4v) is 4.00. The highest BCUT2D eigenvalue weighted by Crippen LogP contribution is 2.29. The molecule has 148 valence electrons. The Kier molecular flexibility index (Phi) is 6.05. The van der Waals surface area contributed by atoms with Crippen molar-refractivity contribution in [3.8, 4) is 5.75 Å². The zero-order valence-electron chi connectivity index (χ0n) is 16.9. The van der Waals surface area contributed by atoms with Gasteiger partial charge in [0.2, 0.25) is 5.91 Å². The topological polar surface area (TPSA) is 53.1 Å². The molecule has 3 saturated heterocycles. The molecule has 2 atom stereocenters. The number of benzene rings is 1. The molecule has 3 aliphatic heterocycles. The Bertz CT molecular complexity index is 672. The summed E-state index contributed by atoms with van der Waals surface area (Å²) in [7, 11) is 3.58. The van der Waals surface area contributed by atoms with Crippen LogP contribution in [0.3, 0.4) is 0 Å². The first-order chi connectivity index (χ1) is 12.8. The highest BCUT2D eigenvalue weighted by Gasteiger charge is 2.37. The Hall–Kier alpha value is -2.08. The van der Waals surface area contributed by atoms with Crippen LogP contribution in [0.4, 0.5) is 0 Å². The smallest absolute Gasteiger partial charge is 0.254 e. The number of hydrogen-bond acceptors (Lipinski definition) is 4. The number of hydrogen-bond donors (Lipinski definition) is 0. The van der Waals surface area contributed by atoms with Crippen molar-refractivity contribution in [2.75, 3.05) is 40.3 Å². The van der Waals surface area contributed by atoms with Crippen LogP contribution in [0.5, 0.6) is 5.75 Å². The number of likely N-dealkylation sites (N-methyl/N-ethyl adjacent to an activating group) is 1. The van der Waals surface area contributed by atoms with Crippen LogP contribution in [-0.2, 0) is 4.79 Å². The van der Waals surface area contributed by atoms with Crippen LogP contribution < -0.4 is 4.74 Å². The highest BCUT2D eigenvalue weighted by molar-refractivity contribution is 5.94. The van der Waals surface area contributed by atoms with Gasteiger partial charge in [0, 0.05) is 45.3 Å². The van der Waals surface area contributed by atoms with Crippen molar-refractivity contribution in [2.24, 2.45) is 5.92 Å². The van der Waals surface area contributed by atoms with Crippen molar-refractivity contribution in [3.63, 3.8) is 0 Å². The van der Waals surface area contributed by atoms with Crippen molar-refractivity contribution in [1.82, 2.24) is 14.7 Å². The molecule has 4 rings (SSSR count). The molecule has 2 amide bonds. The molecule has 3 heterocycles. The predicted octanol–water partition coefficient (Wildman–Crippen LogP) is 2.10. The van der Waals surface area contributed by atoms with Crippen molar-refractivity contribution in [2.45, 2.75) is 38.8 Å². The number of ether oxygens (including phenoxy) is 1. The second kappa shape index (κ2) is 8.30. The fourth-order valence-electron chi connectivity index (χ4n) is 4.00. The summed E-state index contributed by atoms with van der Waals surface area (Å²) in [4.78, 5) is 31.1. The van der Waals surface area contributed by atoms with Gasteiger partial charge in [-0.3, -0.25) is 14.5 Å². The van der Waals surface area contributed by atoms with Crippen molar-refractivity contribution >= 4 is 11.8 Å². The molecule has 6 heteroatoms. The van der Waals surface area contributed by atoms with Crippen LogP contribution in [0.25, 0.3) is 0 Å². The Balaban J connectivity index is 1.68. The van der Waals surface area contributed by atoms with Gasteiger partial charge in [-0.05, 0) is 56.9 Å². The summed E-state index contributed by atoms with van der Waals surface area (Å²) < 4.78 is 5.67. The van der Waals surface area contributed by atoms with E-state index in [-0.39, 0.29) is 24.0 Å². The molecule has 0 unspecified atom stereocenters. The molecule has 0 saturated carbocycles. The van der Waals surface area contributed by atoms with E-state index in [1.807, 2.05) is 43.0 Å². The van der Waals surface area contributed by atoms with Gasteiger partial charge in [0.05, 0.1) is 12.6 Å². The minimum Gasteiger partial charge on any atom is -0.491 e. The lowest BCUT2D eigenvalue weighted by atomic mass is 9.94. The maximum Gasteiger partial charge on any atom is 0.254 e. The molecule has 0 aliphatic carbocycles. The number of rotatable bonds is 5. The number of piperidine rings is 1. The molecule has 0 spiro atoms. The maximum atomic E-state index is 13.1. The molecular formula is C21H31N3O3. The summed E-state index contributed by atoms with van der Waals surface area (Å²) in [5, 5.41) is 0. The van der Waals surface area contributed by atoms with Gasteiger partial charge >= 0.3 is 0 Å².